The Balaban J connectivity index is 1.66. The highest BCUT2D eigenvalue weighted by atomic mass is 16.5. The van der Waals surface area contributed by atoms with Crippen LogP contribution in [0.15, 0.2) is 24.3 Å². The van der Waals surface area contributed by atoms with Crippen molar-refractivity contribution in [2.75, 3.05) is 18.9 Å². The molecule has 1 aromatic rings. The number of hydrogen-bond acceptors (Lipinski definition) is 4. The van der Waals surface area contributed by atoms with E-state index in [1.54, 1.807) is 12.1 Å². The Bertz CT molecular complexity index is 352. The van der Waals surface area contributed by atoms with Gasteiger partial charge in [-0.05, 0) is 31.4 Å². The maximum Gasteiger partial charge on any atom is 0.121 e. The molecule has 1 atom stereocenters. The average molecular weight is 237 g/mol. The van der Waals surface area contributed by atoms with Crippen LogP contribution in [0.1, 0.15) is 19.3 Å². The van der Waals surface area contributed by atoms with Crippen molar-refractivity contribution in [1.29, 1.82) is 0 Å². The maximum absolute atomic E-state index is 9.67. The lowest BCUT2D eigenvalue weighted by Gasteiger charge is -2.26. The fraction of sp³-hybridized carbons (Fsp3) is 0.538. The quantitative estimate of drug-likeness (QED) is 0.737. The lowest BCUT2D eigenvalue weighted by atomic mass is 9.96. The molecule has 1 fully saturated rings. The molecule has 4 nitrogen and oxygen atoms in total. The minimum atomic E-state index is -0.586. The number of ether oxygens (including phenoxy) is 2. The van der Waals surface area contributed by atoms with Gasteiger partial charge in [-0.1, -0.05) is 6.07 Å². The molecule has 3 N–H and O–H groups in total. The van der Waals surface area contributed by atoms with Gasteiger partial charge < -0.3 is 20.3 Å². The van der Waals surface area contributed by atoms with Gasteiger partial charge in [-0.15, -0.1) is 0 Å². The molecule has 1 aliphatic carbocycles. The number of hydrogen-bond donors (Lipinski definition) is 2. The van der Waals surface area contributed by atoms with Crippen LogP contribution in [-0.2, 0) is 4.74 Å². The Labute approximate surface area is 101 Å². The summed E-state index contributed by atoms with van der Waals surface area (Å²) >= 11 is 0. The number of aliphatic hydroxyl groups is 1. The van der Waals surface area contributed by atoms with Crippen LogP contribution in [0.4, 0.5) is 5.69 Å². The molecule has 1 aliphatic rings. The molecule has 1 unspecified atom stereocenters. The molecule has 2 rings (SSSR count). The van der Waals surface area contributed by atoms with E-state index in [-0.39, 0.29) is 6.61 Å². The smallest absolute Gasteiger partial charge is 0.121 e. The monoisotopic (exact) mass is 237 g/mol. The molecule has 1 aromatic carbocycles. The first-order chi connectivity index (χ1) is 8.24. The van der Waals surface area contributed by atoms with Gasteiger partial charge in [0.15, 0.2) is 0 Å². The van der Waals surface area contributed by atoms with Crippen LogP contribution in [-0.4, -0.2) is 30.5 Å². The molecule has 0 aromatic heterocycles. The summed E-state index contributed by atoms with van der Waals surface area (Å²) < 4.78 is 10.9. The van der Waals surface area contributed by atoms with E-state index in [0.717, 1.165) is 12.8 Å². The Morgan fingerprint density at radius 3 is 2.82 bits per heavy atom. The molecular formula is C13H19NO3. The number of nitrogens with two attached hydrogens (primary N) is 1. The van der Waals surface area contributed by atoms with E-state index in [2.05, 4.69) is 0 Å². The number of nitrogen functional groups attached to an aromatic ring is 1. The first-order valence-corrected chi connectivity index (χ1v) is 6.02. The number of benzene rings is 1. The van der Waals surface area contributed by atoms with Crippen molar-refractivity contribution >= 4 is 5.69 Å². The van der Waals surface area contributed by atoms with Crippen LogP contribution >= 0.6 is 0 Å². The molecule has 0 radical (unpaired) electrons. The Morgan fingerprint density at radius 2 is 2.18 bits per heavy atom. The molecule has 0 bridgehead atoms. The summed E-state index contributed by atoms with van der Waals surface area (Å²) in [5.41, 5.74) is 6.28. The summed E-state index contributed by atoms with van der Waals surface area (Å²) in [6.07, 6.45) is 3.22. The Hall–Kier alpha value is -1.26. The number of anilines is 1. The van der Waals surface area contributed by atoms with Crippen LogP contribution in [0.25, 0.3) is 0 Å². The Kier molecular flexibility index (Phi) is 4.23. The normalized spacial score (nSPS) is 17.5. The molecule has 0 heterocycles. The highest BCUT2D eigenvalue weighted by Crippen LogP contribution is 2.22. The third kappa shape index (κ3) is 3.91. The van der Waals surface area contributed by atoms with Crippen molar-refractivity contribution in [1.82, 2.24) is 0 Å². The highest BCUT2D eigenvalue weighted by molar-refractivity contribution is 5.43. The molecular weight excluding hydrogens is 218 g/mol. The van der Waals surface area contributed by atoms with Gasteiger partial charge in [0.2, 0.25) is 0 Å². The first kappa shape index (κ1) is 12.2. The second-order valence-corrected chi connectivity index (χ2v) is 4.42. The van der Waals surface area contributed by atoms with Gasteiger partial charge in [-0.3, -0.25) is 0 Å². The van der Waals surface area contributed by atoms with E-state index in [4.69, 9.17) is 15.2 Å². The van der Waals surface area contributed by atoms with Crippen molar-refractivity contribution in [2.45, 2.75) is 31.5 Å². The van der Waals surface area contributed by atoms with Crippen LogP contribution < -0.4 is 10.5 Å². The third-order valence-corrected chi connectivity index (χ3v) is 2.88. The average Bonchev–Trinajstić information content (AvgIpc) is 2.24. The maximum atomic E-state index is 9.67. The van der Waals surface area contributed by atoms with Crippen LogP contribution in [0, 0.1) is 0 Å². The summed E-state index contributed by atoms with van der Waals surface area (Å²) in [5, 5.41) is 9.67. The molecule has 0 saturated heterocycles. The van der Waals surface area contributed by atoms with Crippen molar-refractivity contribution in [2.24, 2.45) is 0 Å². The van der Waals surface area contributed by atoms with Crippen molar-refractivity contribution in [3.8, 4) is 5.75 Å². The second kappa shape index (κ2) is 5.89. The molecule has 94 valence electrons. The standard InChI is InChI=1S/C13H19NO3/c14-10-3-1-6-13(7-10)17-9-11(15)8-16-12-4-2-5-12/h1,3,6-7,11-12,15H,2,4-5,8-9,14H2. The van der Waals surface area contributed by atoms with Gasteiger partial charge in [0.25, 0.3) is 0 Å². The van der Waals surface area contributed by atoms with E-state index in [1.165, 1.54) is 6.42 Å². The predicted molar refractivity (Wildman–Crippen MR) is 65.9 cm³/mol. The minimum absolute atomic E-state index is 0.232. The van der Waals surface area contributed by atoms with E-state index < -0.39 is 6.10 Å². The fourth-order valence-electron chi connectivity index (χ4n) is 1.63. The molecule has 17 heavy (non-hydrogen) atoms. The topological polar surface area (TPSA) is 64.7 Å². The van der Waals surface area contributed by atoms with E-state index >= 15 is 0 Å². The Morgan fingerprint density at radius 1 is 1.35 bits per heavy atom. The molecule has 0 spiro atoms. The van der Waals surface area contributed by atoms with E-state index in [9.17, 15) is 5.11 Å². The van der Waals surface area contributed by atoms with E-state index in [1.807, 2.05) is 12.1 Å². The zero-order valence-corrected chi connectivity index (χ0v) is 9.84. The second-order valence-electron chi connectivity index (χ2n) is 4.42. The van der Waals surface area contributed by atoms with Gasteiger partial charge in [-0.25, -0.2) is 0 Å². The number of rotatable bonds is 6. The van der Waals surface area contributed by atoms with Gasteiger partial charge in [0.1, 0.15) is 18.5 Å². The zero-order valence-electron chi connectivity index (χ0n) is 9.84. The largest absolute Gasteiger partial charge is 0.491 e. The van der Waals surface area contributed by atoms with Crippen molar-refractivity contribution in [3.05, 3.63) is 24.3 Å². The zero-order chi connectivity index (χ0) is 12.1. The van der Waals surface area contributed by atoms with Gasteiger partial charge in [-0.2, -0.15) is 0 Å². The molecule has 0 amide bonds. The van der Waals surface area contributed by atoms with Crippen LogP contribution in [0.5, 0.6) is 5.75 Å². The van der Waals surface area contributed by atoms with Gasteiger partial charge >= 0.3 is 0 Å². The molecule has 1 saturated carbocycles. The van der Waals surface area contributed by atoms with Gasteiger partial charge in [0, 0.05) is 11.8 Å². The summed E-state index contributed by atoms with van der Waals surface area (Å²) in [5.74, 6) is 0.674. The highest BCUT2D eigenvalue weighted by Gasteiger charge is 2.19. The van der Waals surface area contributed by atoms with Crippen LogP contribution in [0.2, 0.25) is 0 Å². The number of aliphatic hydroxyl groups excluding tert-OH is 1. The summed E-state index contributed by atoms with van der Waals surface area (Å²) in [6.45, 7) is 0.573. The van der Waals surface area contributed by atoms with E-state index in [0.29, 0.717) is 24.1 Å². The third-order valence-electron chi connectivity index (χ3n) is 2.88. The summed E-state index contributed by atoms with van der Waals surface area (Å²) in [7, 11) is 0. The lowest BCUT2D eigenvalue weighted by molar-refractivity contribution is -0.0519. The lowest BCUT2D eigenvalue weighted by Crippen LogP contribution is -2.29. The first-order valence-electron chi connectivity index (χ1n) is 6.02. The fourth-order valence-corrected chi connectivity index (χ4v) is 1.63. The predicted octanol–water partition coefficient (Wildman–Crippen LogP) is 1.58. The molecule has 4 heteroatoms. The van der Waals surface area contributed by atoms with Gasteiger partial charge in [0.05, 0.1) is 12.7 Å². The summed E-state index contributed by atoms with van der Waals surface area (Å²) in [6, 6.07) is 7.17. The summed E-state index contributed by atoms with van der Waals surface area (Å²) in [4.78, 5) is 0. The molecule has 0 aliphatic heterocycles. The van der Waals surface area contributed by atoms with Crippen molar-refractivity contribution < 1.29 is 14.6 Å². The SMILES string of the molecule is Nc1cccc(OCC(O)COC2CCC2)c1. The minimum Gasteiger partial charge on any atom is -0.491 e. The van der Waals surface area contributed by atoms with Crippen LogP contribution in [0.3, 0.4) is 0 Å². The van der Waals surface area contributed by atoms with Crippen molar-refractivity contribution in [3.63, 3.8) is 0 Å².